The molecule has 0 aromatic carbocycles. The normalized spacial score (nSPS) is 18.2. The fourth-order valence-corrected chi connectivity index (χ4v) is 3.96. The second-order valence-corrected chi connectivity index (χ2v) is 9.61. The Morgan fingerprint density at radius 2 is 1.05 bits per heavy atom. The molecule has 0 aromatic rings. The summed E-state index contributed by atoms with van der Waals surface area (Å²) in [5.41, 5.74) is 0. The first-order valence-corrected chi connectivity index (χ1v) is 12.9. The van der Waals surface area contributed by atoms with E-state index in [4.69, 9.17) is 4.74 Å². The van der Waals surface area contributed by atoms with E-state index in [9.17, 15) is 39.3 Å². The third-order valence-corrected chi connectivity index (χ3v) is 6.07. The number of carboxylic acid groups (broad SMARTS) is 3. The number of hydrogen-bond donors (Lipinski definition) is 4. The van der Waals surface area contributed by atoms with Gasteiger partial charge in [0, 0.05) is 71.4 Å². The molecular weight excluding hydrogens is 502 g/mol. The van der Waals surface area contributed by atoms with E-state index in [0.29, 0.717) is 78.4 Å². The van der Waals surface area contributed by atoms with Crippen LogP contribution in [0.3, 0.4) is 0 Å². The summed E-state index contributed by atoms with van der Waals surface area (Å²) in [7, 11) is 0. The van der Waals surface area contributed by atoms with E-state index in [2.05, 4.69) is 5.32 Å². The topological polar surface area (TPSA) is 180 Å². The van der Waals surface area contributed by atoms with E-state index in [0.717, 1.165) is 0 Å². The van der Waals surface area contributed by atoms with Crippen molar-refractivity contribution in [1.29, 1.82) is 0 Å². The number of nitrogens with one attached hydrogen (secondary N) is 1. The zero-order chi connectivity index (χ0) is 28.5. The van der Waals surface area contributed by atoms with E-state index in [1.807, 2.05) is 11.8 Å². The number of carbonyl (C=O) groups is 5. The molecule has 1 amide bonds. The van der Waals surface area contributed by atoms with Gasteiger partial charge in [-0.2, -0.15) is 0 Å². The molecule has 1 heterocycles. The highest BCUT2D eigenvalue weighted by atomic mass is 16.5. The van der Waals surface area contributed by atoms with Gasteiger partial charge >= 0.3 is 17.9 Å². The summed E-state index contributed by atoms with van der Waals surface area (Å²) in [5.74, 6) is -3.17. The first-order chi connectivity index (χ1) is 17.9. The second kappa shape index (κ2) is 18.6. The molecule has 1 saturated heterocycles. The van der Waals surface area contributed by atoms with Crippen LogP contribution in [0.15, 0.2) is 0 Å². The Morgan fingerprint density at radius 3 is 1.39 bits per heavy atom. The zero-order valence-corrected chi connectivity index (χ0v) is 22.5. The van der Waals surface area contributed by atoms with Crippen molar-refractivity contribution >= 4 is 29.6 Å². The molecule has 38 heavy (non-hydrogen) atoms. The first-order valence-electron chi connectivity index (χ1n) is 12.9. The SMILES string of the molecule is CC(=O)CCOCCC(C)NC(=O)CN1CCN(CC(=O)O)CCN(CC(=O)O)CCN(CC(=O)O)CC1. The summed E-state index contributed by atoms with van der Waals surface area (Å²) < 4.78 is 5.42. The van der Waals surface area contributed by atoms with Crippen LogP contribution in [0.4, 0.5) is 0 Å². The highest BCUT2D eigenvalue weighted by molar-refractivity contribution is 5.78. The van der Waals surface area contributed by atoms with Crippen LogP contribution in [0.25, 0.3) is 0 Å². The number of Topliss-reactive ketones (excluding diaryl/α,β-unsaturated/α-hetero) is 1. The van der Waals surface area contributed by atoms with E-state index < -0.39 is 17.9 Å². The third kappa shape index (κ3) is 17.0. The molecule has 1 aliphatic heterocycles. The molecule has 0 aliphatic carbocycles. The molecule has 1 fully saturated rings. The molecule has 14 nitrogen and oxygen atoms in total. The second-order valence-electron chi connectivity index (χ2n) is 9.61. The number of rotatable bonds is 15. The maximum Gasteiger partial charge on any atom is 0.317 e. The largest absolute Gasteiger partial charge is 0.480 e. The summed E-state index contributed by atoms with van der Waals surface area (Å²) in [6.07, 6.45) is 0.931. The number of nitrogens with zero attached hydrogens (tertiary/aromatic N) is 4. The number of hydrogen-bond acceptors (Lipinski definition) is 10. The fourth-order valence-electron chi connectivity index (χ4n) is 3.96. The summed E-state index contributed by atoms with van der Waals surface area (Å²) in [4.78, 5) is 64.7. The van der Waals surface area contributed by atoms with Gasteiger partial charge in [0.15, 0.2) is 0 Å². The quantitative estimate of drug-likeness (QED) is 0.172. The number of carboxylic acids is 3. The van der Waals surface area contributed by atoms with Gasteiger partial charge in [-0.05, 0) is 20.3 Å². The Kier molecular flexibility index (Phi) is 16.3. The minimum absolute atomic E-state index is 0.0545. The first kappa shape index (κ1) is 33.4. The van der Waals surface area contributed by atoms with Crippen molar-refractivity contribution in [2.45, 2.75) is 32.7 Å². The predicted octanol–water partition coefficient (Wildman–Crippen LogP) is -1.65. The lowest BCUT2D eigenvalue weighted by atomic mass is 10.2. The van der Waals surface area contributed by atoms with Gasteiger partial charge in [-0.15, -0.1) is 0 Å². The maximum absolute atomic E-state index is 12.7. The van der Waals surface area contributed by atoms with Crippen LogP contribution >= 0.6 is 0 Å². The van der Waals surface area contributed by atoms with Gasteiger partial charge in [0.1, 0.15) is 5.78 Å². The van der Waals surface area contributed by atoms with Crippen molar-refractivity contribution < 1.29 is 44.0 Å². The van der Waals surface area contributed by atoms with Crippen LogP contribution < -0.4 is 5.32 Å². The van der Waals surface area contributed by atoms with Gasteiger partial charge in [0.05, 0.1) is 32.8 Å². The lowest BCUT2D eigenvalue weighted by Gasteiger charge is -2.33. The Hall–Kier alpha value is -2.65. The number of ether oxygens (including phenoxy) is 1. The van der Waals surface area contributed by atoms with Crippen LogP contribution in [0.5, 0.6) is 0 Å². The smallest absolute Gasteiger partial charge is 0.317 e. The molecule has 0 bridgehead atoms. The Morgan fingerprint density at radius 1 is 0.684 bits per heavy atom. The number of ketones is 1. The summed E-state index contributed by atoms with van der Waals surface area (Å²) in [6, 6.07) is -0.153. The molecule has 4 N–H and O–H groups in total. The molecule has 1 aliphatic rings. The molecule has 0 spiro atoms. The third-order valence-electron chi connectivity index (χ3n) is 6.07. The highest BCUT2D eigenvalue weighted by Gasteiger charge is 2.21. The predicted molar refractivity (Wildman–Crippen MR) is 137 cm³/mol. The number of amides is 1. The van der Waals surface area contributed by atoms with Crippen molar-refractivity contribution in [1.82, 2.24) is 24.9 Å². The lowest BCUT2D eigenvalue weighted by molar-refractivity contribution is -0.140. The molecule has 0 aromatic heterocycles. The van der Waals surface area contributed by atoms with Crippen LogP contribution in [-0.4, -0.2) is 162 Å². The number of aliphatic carboxylic acids is 3. The molecule has 0 saturated carbocycles. The fraction of sp³-hybridized carbons (Fsp3) is 0.792. The van der Waals surface area contributed by atoms with Gasteiger partial charge in [0.25, 0.3) is 0 Å². The average molecular weight is 546 g/mol. The van der Waals surface area contributed by atoms with Gasteiger partial charge in [-0.25, -0.2) is 0 Å². The maximum atomic E-state index is 12.7. The van der Waals surface area contributed by atoms with Crippen molar-refractivity contribution in [2.24, 2.45) is 0 Å². The van der Waals surface area contributed by atoms with Gasteiger partial charge in [-0.1, -0.05) is 0 Å². The monoisotopic (exact) mass is 545 g/mol. The molecule has 0 radical (unpaired) electrons. The Bertz CT molecular complexity index is 750. The highest BCUT2D eigenvalue weighted by Crippen LogP contribution is 2.02. The molecule has 1 atom stereocenters. The van der Waals surface area contributed by atoms with Crippen molar-refractivity contribution in [3.63, 3.8) is 0 Å². The van der Waals surface area contributed by atoms with Crippen LogP contribution in [0.2, 0.25) is 0 Å². The molecule has 1 unspecified atom stereocenters. The molecule has 218 valence electrons. The van der Waals surface area contributed by atoms with Crippen LogP contribution in [-0.2, 0) is 28.7 Å². The van der Waals surface area contributed by atoms with Crippen LogP contribution in [0.1, 0.15) is 26.7 Å². The van der Waals surface area contributed by atoms with E-state index in [1.165, 1.54) is 6.92 Å². The molecule has 14 heteroatoms. The minimum Gasteiger partial charge on any atom is -0.480 e. The van der Waals surface area contributed by atoms with Gasteiger partial charge < -0.3 is 25.4 Å². The van der Waals surface area contributed by atoms with Gasteiger partial charge in [-0.3, -0.25) is 43.6 Å². The standard InChI is InChI=1S/C24H43N5O9/c1-19(3-13-38-14-4-20(2)30)25-21(31)15-26-5-7-27(16-22(32)33)9-11-29(18-24(36)37)12-10-28(8-6-26)17-23(34)35/h19H,3-18H2,1-2H3,(H,25,31)(H,32,33)(H,34,35)(H,36,37). The summed E-state index contributed by atoms with van der Waals surface area (Å²) in [5, 5.41) is 30.8. The van der Waals surface area contributed by atoms with Crippen molar-refractivity contribution in [2.75, 3.05) is 91.8 Å². The summed E-state index contributed by atoms with van der Waals surface area (Å²) in [6.45, 7) is 6.22. The van der Waals surface area contributed by atoms with E-state index in [-0.39, 0.29) is 43.9 Å². The van der Waals surface area contributed by atoms with Crippen molar-refractivity contribution in [3.05, 3.63) is 0 Å². The van der Waals surface area contributed by atoms with E-state index in [1.54, 1.807) is 14.7 Å². The average Bonchev–Trinajstić information content (AvgIpc) is 2.79. The zero-order valence-electron chi connectivity index (χ0n) is 22.5. The molecule has 1 rings (SSSR count). The van der Waals surface area contributed by atoms with E-state index >= 15 is 0 Å². The molecular formula is C24H43N5O9. The van der Waals surface area contributed by atoms with Gasteiger partial charge in [0.2, 0.25) is 5.91 Å². The number of carbonyl (C=O) groups excluding carboxylic acids is 2. The lowest BCUT2D eigenvalue weighted by Crippen LogP contribution is -2.50. The van der Waals surface area contributed by atoms with Crippen molar-refractivity contribution in [3.8, 4) is 0 Å². The van der Waals surface area contributed by atoms with Crippen LogP contribution in [0, 0.1) is 0 Å². The minimum atomic E-state index is -1.01. The Labute approximate surface area is 223 Å². The summed E-state index contributed by atoms with van der Waals surface area (Å²) >= 11 is 0. The Balaban J connectivity index is 2.79.